The summed E-state index contributed by atoms with van der Waals surface area (Å²) in [5.74, 6) is -3.58. The minimum atomic E-state index is -1.21. The van der Waals surface area contributed by atoms with Gasteiger partial charge < -0.3 is 31.1 Å². The fourth-order valence-electron chi connectivity index (χ4n) is 3.40. The number of carboxylic acids is 2. The summed E-state index contributed by atoms with van der Waals surface area (Å²) < 4.78 is 0. The third-order valence-electron chi connectivity index (χ3n) is 5.49. The molecule has 1 amide bonds. The van der Waals surface area contributed by atoms with Gasteiger partial charge in [-0.1, -0.05) is 50.2 Å². The van der Waals surface area contributed by atoms with Crippen molar-refractivity contribution in [2.75, 3.05) is 6.54 Å². The second-order valence-electron chi connectivity index (χ2n) is 8.53. The molecule has 0 saturated heterocycles. The zero-order chi connectivity index (χ0) is 24.6. The van der Waals surface area contributed by atoms with Crippen molar-refractivity contribution in [3.63, 3.8) is 0 Å². The van der Waals surface area contributed by atoms with Gasteiger partial charge in [-0.15, -0.1) is 0 Å². The van der Waals surface area contributed by atoms with Crippen LogP contribution in [0.3, 0.4) is 0 Å². The molecule has 2 aromatic rings. The summed E-state index contributed by atoms with van der Waals surface area (Å²) in [4.78, 5) is 35.7. The number of aromatic hydroxyl groups is 2. The lowest BCUT2D eigenvalue weighted by atomic mass is 9.81. The largest absolute Gasteiger partial charge is 0.504 e. The van der Waals surface area contributed by atoms with Crippen LogP contribution >= 0.6 is 0 Å². The Hall–Kier alpha value is -3.59. The molecule has 0 spiro atoms. The number of carbonyl (C=O) groups is 3. The molecule has 0 fully saturated rings. The summed E-state index contributed by atoms with van der Waals surface area (Å²) in [5.41, 5.74) is 1.03. The molecule has 2 aromatic carbocycles. The first kappa shape index (κ1) is 25.7. The molecule has 9 heteroatoms. The number of phenols is 2. The van der Waals surface area contributed by atoms with E-state index < -0.39 is 41.8 Å². The SMILES string of the molecule is CC(C)(CCN[C@@H](CC(=O)O)C(=O)N[C@@H](Cc1ccccc1)C(=O)O)c1ccc(O)c(O)c1. The number of phenolic OH excluding ortho intramolecular Hbond substituents is 2. The number of hydrogen-bond donors (Lipinski definition) is 6. The summed E-state index contributed by atoms with van der Waals surface area (Å²) in [6.07, 6.45) is 0.0377. The molecule has 6 N–H and O–H groups in total. The van der Waals surface area contributed by atoms with Crippen LogP contribution in [0.2, 0.25) is 0 Å². The van der Waals surface area contributed by atoms with Crippen molar-refractivity contribution in [3.05, 3.63) is 59.7 Å². The molecule has 0 aliphatic rings. The Labute approximate surface area is 192 Å². The maximum absolute atomic E-state index is 12.7. The van der Waals surface area contributed by atoms with Gasteiger partial charge in [0.2, 0.25) is 5.91 Å². The van der Waals surface area contributed by atoms with E-state index in [1.54, 1.807) is 36.4 Å². The van der Waals surface area contributed by atoms with Crippen molar-refractivity contribution < 1.29 is 34.8 Å². The average molecular weight is 459 g/mol. The van der Waals surface area contributed by atoms with Crippen LogP contribution in [-0.4, -0.2) is 56.9 Å². The van der Waals surface area contributed by atoms with Crippen LogP contribution in [0, 0.1) is 0 Å². The van der Waals surface area contributed by atoms with Gasteiger partial charge in [0, 0.05) is 6.42 Å². The molecule has 178 valence electrons. The van der Waals surface area contributed by atoms with Gasteiger partial charge in [0.25, 0.3) is 0 Å². The van der Waals surface area contributed by atoms with Gasteiger partial charge in [0.1, 0.15) is 6.04 Å². The third-order valence-corrected chi connectivity index (χ3v) is 5.49. The Morgan fingerprint density at radius 3 is 2.18 bits per heavy atom. The molecule has 0 heterocycles. The van der Waals surface area contributed by atoms with E-state index in [2.05, 4.69) is 10.6 Å². The Morgan fingerprint density at radius 1 is 0.939 bits per heavy atom. The Bertz CT molecular complexity index is 976. The zero-order valence-corrected chi connectivity index (χ0v) is 18.6. The molecule has 0 unspecified atom stereocenters. The van der Waals surface area contributed by atoms with E-state index in [4.69, 9.17) is 0 Å². The number of benzene rings is 2. The Morgan fingerprint density at radius 2 is 1.61 bits per heavy atom. The van der Waals surface area contributed by atoms with Crippen molar-refractivity contribution in [1.82, 2.24) is 10.6 Å². The minimum Gasteiger partial charge on any atom is -0.504 e. The molecule has 0 radical (unpaired) electrons. The van der Waals surface area contributed by atoms with E-state index in [0.29, 0.717) is 6.42 Å². The van der Waals surface area contributed by atoms with Gasteiger partial charge in [-0.25, -0.2) is 4.79 Å². The summed E-state index contributed by atoms with van der Waals surface area (Å²) in [6, 6.07) is 11.0. The minimum absolute atomic E-state index is 0.0685. The number of aliphatic carboxylic acids is 2. The number of carboxylic acid groups (broad SMARTS) is 2. The smallest absolute Gasteiger partial charge is 0.326 e. The molecule has 0 bridgehead atoms. The van der Waals surface area contributed by atoms with E-state index in [0.717, 1.165) is 11.1 Å². The molecular formula is C24H30N2O7. The first-order valence-corrected chi connectivity index (χ1v) is 10.5. The second kappa shape index (κ2) is 11.3. The van der Waals surface area contributed by atoms with Crippen LogP contribution in [0.15, 0.2) is 48.5 Å². The molecule has 9 nitrogen and oxygen atoms in total. The summed E-state index contributed by atoms with van der Waals surface area (Å²) >= 11 is 0. The van der Waals surface area contributed by atoms with E-state index in [1.807, 2.05) is 13.8 Å². The molecule has 0 saturated carbocycles. The standard InChI is InChI=1S/C24H30N2O7/c1-24(2,16-8-9-19(27)20(28)13-16)10-11-25-17(14-21(29)30)22(31)26-18(23(32)33)12-15-6-4-3-5-7-15/h3-9,13,17-18,25,27-28H,10-12,14H2,1-2H3,(H,26,31)(H,29,30)(H,32,33)/t17-,18-/m0/s1. The highest BCUT2D eigenvalue weighted by molar-refractivity contribution is 5.89. The number of carbonyl (C=O) groups excluding carboxylic acids is 1. The van der Waals surface area contributed by atoms with Gasteiger partial charge in [0.15, 0.2) is 11.5 Å². The summed E-state index contributed by atoms with van der Waals surface area (Å²) in [7, 11) is 0. The van der Waals surface area contributed by atoms with Crippen molar-refractivity contribution in [1.29, 1.82) is 0 Å². The quantitative estimate of drug-likeness (QED) is 0.264. The lowest BCUT2D eigenvalue weighted by molar-refractivity contribution is -0.143. The number of nitrogens with one attached hydrogen (secondary N) is 2. The molecule has 0 aromatic heterocycles. The van der Waals surface area contributed by atoms with Gasteiger partial charge >= 0.3 is 11.9 Å². The van der Waals surface area contributed by atoms with Crippen LogP contribution < -0.4 is 10.6 Å². The predicted molar refractivity (Wildman–Crippen MR) is 121 cm³/mol. The summed E-state index contributed by atoms with van der Waals surface area (Å²) in [6.45, 7) is 4.08. The maximum Gasteiger partial charge on any atom is 0.326 e. The zero-order valence-electron chi connectivity index (χ0n) is 18.6. The molecule has 2 rings (SSSR count). The van der Waals surface area contributed by atoms with Crippen molar-refractivity contribution in [3.8, 4) is 11.5 Å². The second-order valence-corrected chi connectivity index (χ2v) is 8.53. The highest BCUT2D eigenvalue weighted by atomic mass is 16.4. The van der Waals surface area contributed by atoms with Crippen LogP contribution in [0.1, 0.15) is 37.8 Å². The fourth-order valence-corrected chi connectivity index (χ4v) is 3.40. The first-order valence-electron chi connectivity index (χ1n) is 10.5. The Kier molecular flexibility index (Phi) is 8.81. The average Bonchev–Trinajstić information content (AvgIpc) is 2.74. The topological polar surface area (TPSA) is 156 Å². The number of amides is 1. The number of rotatable bonds is 12. The maximum atomic E-state index is 12.7. The highest BCUT2D eigenvalue weighted by Gasteiger charge is 2.28. The highest BCUT2D eigenvalue weighted by Crippen LogP contribution is 2.33. The molecular weight excluding hydrogens is 428 g/mol. The molecule has 0 aliphatic heterocycles. The molecule has 2 atom stereocenters. The van der Waals surface area contributed by atoms with Gasteiger partial charge in [0.05, 0.1) is 12.5 Å². The number of hydrogen-bond acceptors (Lipinski definition) is 6. The van der Waals surface area contributed by atoms with E-state index in [-0.39, 0.29) is 24.5 Å². The molecule has 33 heavy (non-hydrogen) atoms. The van der Waals surface area contributed by atoms with E-state index >= 15 is 0 Å². The Balaban J connectivity index is 2.03. The lowest BCUT2D eigenvalue weighted by Gasteiger charge is -2.27. The molecule has 0 aliphatic carbocycles. The monoisotopic (exact) mass is 458 g/mol. The van der Waals surface area contributed by atoms with Crippen molar-refractivity contribution >= 4 is 17.8 Å². The van der Waals surface area contributed by atoms with Crippen molar-refractivity contribution in [2.24, 2.45) is 0 Å². The lowest BCUT2D eigenvalue weighted by Crippen LogP contribution is -2.52. The van der Waals surface area contributed by atoms with Crippen molar-refractivity contribution in [2.45, 2.75) is 50.6 Å². The predicted octanol–water partition coefficient (Wildman–Crippen LogP) is 2.01. The van der Waals surface area contributed by atoms with Crippen LogP contribution in [0.4, 0.5) is 0 Å². The fraction of sp³-hybridized carbons (Fsp3) is 0.375. The van der Waals surface area contributed by atoms with Gasteiger partial charge in [-0.05, 0) is 41.6 Å². The van der Waals surface area contributed by atoms with Gasteiger partial charge in [-0.2, -0.15) is 0 Å². The van der Waals surface area contributed by atoms with Crippen LogP contribution in [0.25, 0.3) is 0 Å². The first-order chi connectivity index (χ1) is 15.5. The van der Waals surface area contributed by atoms with Crippen LogP contribution in [0.5, 0.6) is 11.5 Å². The van der Waals surface area contributed by atoms with E-state index in [1.165, 1.54) is 12.1 Å². The normalized spacial score (nSPS) is 13.2. The third kappa shape index (κ3) is 7.80. The van der Waals surface area contributed by atoms with E-state index in [9.17, 15) is 34.8 Å². The van der Waals surface area contributed by atoms with Crippen LogP contribution in [-0.2, 0) is 26.2 Å². The van der Waals surface area contributed by atoms with Gasteiger partial charge in [-0.3, -0.25) is 9.59 Å². The summed E-state index contributed by atoms with van der Waals surface area (Å²) in [5, 5.41) is 43.3.